The third-order valence-corrected chi connectivity index (χ3v) is 5.05. The van der Waals surface area contributed by atoms with Gasteiger partial charge >= 0.3 is 0 Å². The van der Waals surface area contributed by atoms with E-state index in [4.69, 9.17) is 9.47 Å². The minimum atomic E-state index is 0.711. The molecule has 20 heavy (non-hydrogen) atoms. The van der Waals surface area contributed by atoms with E-state index in [1.165, 1.54) is 18.4 Å². The van der Waals surface area contributed by atoms with Crippen molar-refractivity contribution in [3.63, 3.8) is 0 Å². The van der Waals surface area contributed by atoms with Crippen LogP contribution in [0, 0.1) is 5.92 Å². The van der Waals surface area contributed by atoms with Crippen molar-refractivity contribution < 1.29 is 9.47 Å². The lowest BCUT2D eigenvalue weighted by molar-refractivity contribution is 0.354. The number of ether oxygens (including phenoxy) is 2. The number of rotatable bonds is 5. The first-order chi connectivity index (χ1) is 9.80. The second kappa shape index (κ2) is 5.95. The predicted molar refractivity (Wildman–Crippen MR) is 82.8 cm³/mol. The van der Waals surface area contributed by atoms with Gasteiger partial charge in [-0.1, -0.05) is 17.8 Å². The second-order valence-corrected chi connectivity index (χ2v) is 6.41. The van der Waals surface area contributed by atoms with Crippen LogP contribution < -0.4 is 14.8 Å². The number of benzene rings is 1. The first-order valence-corrected chi connectivity index (χ1v) is 7.84. The average Bonchev–Trinajstić information content (AvgIpc) is 3.23. The summed E-state index contributed by atoms with van der Waals surface area (Å²) in [4.78, 5) is 4.58. The first kappa shape index (κ1) is 13.6. The monoisotopic (exact) mass is 292 g/mol. The molecular weight excluding hydrogens is 272 g/mol. The Labute approximate surface area is 123 Å². The van der Waals surface area contributed by atoms with Crippen molar-refractivity contribution in [3.05, 3.63) is 23.8 Å². The highest BCUT2D eigenvalue weighted by molar-refractivity contribution is 8.14. The topological polar surface area (TPSA) is 42.8 Å². The summed E-state index contributed by atoms with van der Waals surface area (Å²) in [5, 5.41) is 5.21. The number of hydrogen-bond acceptors (Lipinski definition) is 5. The van der Waals surface area contributed by atoms with Gasteiger partial charge in [0, 0.05) is 11.8 Å². The maximum absolute atomic E-state index is 5.32. The van der Waals surface area contributed by atoms with Crippen molar-refractivity contribution in [2.75, 3.05) is 20.8 Å². The quantitative estimate of drug-likeness (QED) is 0.906. The maximum atomic E-state index is 5.32. The fraction of sp³-hybridized carbons (Fsp3) is 0.533. The highest BCUT2D eigenvalue weighted by Crippen LogP contribution is 2.41. The maximum Gasteiger partial charge on any atom is 0.161 e. The zero-order valence-corrected chi connectivity index (χ0v) is 12.7. The normalized spacial score (nSPS) is 21.5. The number of aliphatic imine (C=N–C) groups is 1. The van der Waals surface area contributed by atoms with Crippen molar-refractivity contribution in [3.8, 4) is 11.5 Å². The molecule has 1 aromatic rings. The zero-order chi connectivity index (χ0) is 13.9. The zero-order valence-electron chi connectivity index (χ0n) is 11.9. The smallest absolute Gasteiger partial charge is 0.161 e. The average molecular weight is 292 g/mol. The van der Waals surface area contributed by atoms with E-state index in [9.17, 15) is 0 Å². The molecule has 1 aliphatic carbocycles. The van der Waals surface area contributed by atoms with Gasteiger partial charge in [-0.05, 0) is 36.5 Å². The molecule has 1 unspecified atom stereocenters. The molecule has 1 atom stereocenters. The summed E-state index contributed by atoms with van der Waals surface area (Å²) in [6.07, 6.45) is 2.77. The molecular formula is C15H20N2O2S. The lowest BCUT2D eigenvalue weighted by Gasteiger charge is -2.11. The Hall–Kier alpha value is -1.36. The van der Waals surface area contributed by atoms with Crippen LogP contribution in [0.3, 0.4) is 0 Å². The molecule has 1 heterocycles. The Morgan fingerprint density at radius 2 is 2.05 bits per heavy atom. The molecule has 0 saturated heterocycles. The fourth-order valence-corrected chi connectivity index (χ4v) is 3.57. The van der Waals surface area contributed by atoms with Crippen LogP contribution in [-0.4, -0.2) is 31.2 Å². The second-order valence-electron chi connectivity index (χ2n) is 5.18. The lowest BCUT2D eigenvalue weighted by atomic mass is 10.2. The van der Waals surface area contributed by atoms with E-state index in [-0.39, 0.29) is 0 Å². The first-order valence-electron chi connectivity index (χ1n) is 6.96. The number of thioether (sulfide) groups is 1. The van der Waals surface area contributed by atoms with Gasteiger partial charge in [-0.25, -0.2) is 0 Å². The summed E-state index contributed by atoms with van der Waals surface area (Å²) in [6, 6.07) is 5.99. The van der Waals surface area contributed by atoms with Gasteiger partial charge in [-0.2, -0.15) is 0 Å². The summed E-state index contributed by atoms with van der Waals surface area (Å²) in [6.45, 7) is 1.74. The fourth-order valence-electron chi connectivity index (χ4n) is 2.37. The van der Waals surface area contributed by atoms with Crippen molar-refractivity contribution in [2.45, 2.75) is 24.6 Å². The number of hydrogen-bond donors (Lipinski definition) is 1. The molecule has 0 radical (unpaired) electrons. The molecule has 1 fully saturated rings. The van der Waals surface area contributed by atoms with E-state index in [0.29, 0.717) is 5.25 Å². The summed E-state index contributed by atoms with van der Waals surface area (Å²) in [5.41, 5.74) is 1.17. The van der Waals surface area contributed by atoms with Gasteiger partial charge in [0.15, 0.2) is 16.7 Å². The van der Waals surface area contributed by atoms with Crippen LogP contribution in [0.4, 0.5) is 0 Å². The van der Waals surface area contributed by atoms with Crippen molar-refractivity contribution in [2.24, 2.45) is 10.9 Å². The number of methoxy groups -OCH3 is 2. The Morgan fingerprint density at radius 3 is 2.75 bits per heavy atom. The molecule has 5 heteroatoms. The number of amidine groups is 1. The predicted octanol–water partition coefficient (Wildman–Crippen LogP) is 2.67. The lowest BCUT2D eigenvalue weighted by Crippen LogP contribution is -2.19. The molecule has 0 aromatic heterocycles. The van der Waals surface area contributed by atoms with Gasteiger partial charge in [-0.15, -0.1) is 0 Å². The largest absolute Gasteiger partial charge is 0.493 e. The van der Waals surface area contributed by atoms with E-state index in [1.54, 1.807) is 14.2 Å². The number of nitrogens with one attached hydrogen (secondary N) is 1. The molecule has 1 N–H and O–H groups in total. The molecule has 3 rings (SSSR count). The summed E-state index contributed by atoms with van der Waals surface area (Å²) >= 11 is 1.90. The van der Waals surface area contributed by atoms with Crippen LogP contribution in [0.1, 0.15) is 18.4 Å². The van der Waals surface area contributed by atoms with Crippen molar-refractivity contribution >= 4 is 16.9 Å². The van der Waals surface area contributed by atoms with E-state index in [0.717, 1.165) is 35.7 Å². The third kappa shape index (κ3) is 3.03. The minimum Gasteiger partial charge on any atom is -0.493 e. The van der Waals surface area contributed by atoms with Crippen molar-refractivity contribution in [1.82, 2.24) is 5.32 Å². The number of nitrogens with zero attached hydrogens (tertiary/aromatic N) is 1. The molecule has 0 bridgehead atoms. The molecule has 0 spiro atoms. The van der Waals surface area contributed by atoms with Gasteiger partial charge in [0.25, 0.3) is 0 Å². The van der Waals surface area contributed by atoms with Crippen LogP contribution in [0.2, 0.25) is 0 Å². The summed E-state index contributed by atoms with van der Waals surface area (Å²) < 4.78 is 10.6. The SMILES string of the molecule is COc1ccc(CNC2=NCC(C3CC3)S2)cc1OC. The van der Waals surface area contributed by atoms with E-state index < -0.39 is 0 Å². The Balaban J connectivity index is 1.55. The van der Waals surface area contributed by atoms with Gasteiger partial charge < -0.3 is 14.8 Å². The van der Waals surface area contributed by atoms with Crippen molar-refractivity contribution in [1.29, 1.82) is 0 Å². The Bertz CT molecular complexity index is 515. The summed E-state index contributed by atoms with van der Waals surface area (Å²) in [7, 11) is 3.31. The standard InChI is InChI=1S/C15H20N2O2S/c1-18-12-6-3-10(7-13(12)19-2)8-16-15-17-9-14(20-15)11-4-5-11/h3,6-7,11,14H,4-5,8-9H2,1-2H3,(H,16,17). The van der Waals surface area contributed by atoms with E-state index in [1.807, 2.05) is 30.0 Å². The molecule has 4 nitrogen and oxygen atoms in total. The molecule has 108 valence electrons. The molecule has 1 aliphatic heterocycles. The molecule has 1 saturated carbocycles. The van der Waals surface area contributed by atoms with E-state index >= 15 is 0 Å². The van der Waals surface area contributed by atoms with Crippen LogP contribution in [0.5, 0.6) is 11.5 Å². The molecule has 0 amide bonds. The highest BCUT2D eigenvalue weighted by atomic mass is 32.2. The van der Waals surface area contributed by atoms with Gasteiger partial charge in [0.1, 0.15) is 0 Å². The molecule has 1 aromatic carbocycles. The van der Waals surface area contributed by atoms with Gasteiger partial charge in [-0.3, -0.25) is 4.99 Å². The van der Waals surface area contributed by atoms with Crippen LogP contribution >= 0.6 is 11.8 Å². The Kier molecular flexibility index (Phi) is 4.05. The van der Waals surface area contributed by atoms with Crippen LogP contribution in [0.25, 0.3) is 0 Å². The highest BCUT2D eigenvalue weighted by Gasteiger charge is 2.35. The van der Waals surface area contributed by atoms with Crippen LogP contribution in [0.15, 0.2) is 23.2 Å². The van der Waals surface area contributed by atoms with Gasteiger partial charge in [0.05, 0.1) is 20.8 Å². The minimum absolute atomic E-state index is 0.711. The van der Waals surface area contributed by atoms with E-state index in [2.05, 4.69) is 10.3 Å². The Morgan fingerprint density at radius 1 is 1.25 bits per heavy atom. The summed E-state index contributed by atoms with van der Waals surface area (Å²) in [5.74, 6) is 2.44. The third-order valence-electron chi connectivity index (χ3n) is 3.72. The van der Waals surface area contributed by atoms with Gasteiger partial charge in [0.2, 0.25) is 0 Å². The van der Waals surface area contributed by atoms with Crippen LogP contribution in [-0.2, 0) is 6.54 Å². The molecule has 2 aliphatic rings.